The van der Waals surface area contributed by atoms with E-state index in [0.29, 0.717) is 6.42 Å². The van der Waals surface area contributed by atoms with Crippen molar-refractivity contribution in [1.82, 2.24) is 0 Å². The van der Waals surface area contributed by atoms with Crippen LogP contribution in [-0.4, -0.2) is 42.4 Å². The molecule has 4 atom stereocenters. The lowest BCUT2D eigenvalue weighted by Gasteiger charge is -2.33. The Bertz CT molecular complexity index is 491. The van der Waals surface area contributed by atoms with E-state index >= 15 is 0 Å². The zero-order chi connectivity index (χ0) is 18.5. The first-order valence-electron chi connectivity index (χ1n) is 10.4. The summed E-state index contributed by atoms with van der Waals surface area (Å²) in [6.45, 7) is 1.81. The van der Waals surface area contributed by atoms with Gasteiger partial charge in [0.15, 0.2) is 12.1 Å². The van der Waals surface area contributed by atoms with Crippen LogP contribution in [0.4, 0.5) is 0 Å². The van der Waals surface area contributed by atoms with E-state index in [-0.39, 0.29) is 48.5 Å². The van der Waals surface area contributed by atoms with Gasteiger partial charge in [-0.3, -0.25) is 4.79 Å². The highest BCUT2D eigenvalue weighted by Crippen LogP contribution is 2.30. The monoisotopic (exact) mass is 403 g/mol. The number of hydrogen-bond acceptors (Lipinski definition) is 5. The fourth-order valence-electron chi connectivity index (χ4n) is 4.48. The zero-order valence-corrected chi connectivity index (χ0v) is 17.1. The standard InChI is InChI=1S/C20H33NO5.ClH/c1-13-18(26-19(22)14-7-2-3-8-14)17(25-15-9-4-5-10-15)12-6-11-16(21)20(23)24-13;/h13-18H,2-12,21H2,1H3;1H/t13-,16-,17-,18-;/m0./s1. The number of carbonyl (C=O) groups excluding carboxylic acids is 2. The summed E-state index contributed by atoms with van der Waals surface area (Å²) in [5.74, 6) is -0.472. The minimum atomic E-state index is -0.530. The highest BCUT2D eigenvalue weighted by Gasteiger charge is 2.39. The second-order valence-electron chi connectivity index (χ2n) is 8.23. The first-order valence-corrected chi connectivity index (χ1v) is 10.4. The van der Waals surface area contributed by atoms with Crippen LogP contribution in [0.5, 0.6) is 0 Å². The van der Waals surface area contributed by atoms with Crippen molar-refractivity contribution in [2.24, 2.45) is 5.92 Å². The van der Waals surface area contributed by atoms with Crippen LogP contribution in [0.3, 0.4) is 0 Å². The van der Waals surface area contributed by atoms with Gasteiger partial charge in [-0.1, -0.05) is 25.7 Å². The van der Waals surface area contributed by atoms with Crippen LogP contribution in [0.2, 0.25) is 0 Å². The Hall–Kier alpha value is -0.850. The van der Waals surface area contributed by atoms with Crippen LogP contribution in [0.25, 0.3) is 0 Å². The molecule has 3 rings (SSSR count). The molecule has 0 unspecified atom stereocenters. The van der Waals surface area contributed by atoms with Gasteiger partial charge in [-0.25, -0.2) is 4.79 Å². The van der Waals surface area contributed by atoms with Crippen LogP contribution in [0.15, 0.2) is 0 Å². The lowest BCUT2D eigenvalue weighted by molar-refractivity contribution is -0.410. The number of halogens is 1. The summed E-state index contributed by atoms with van der Waals surface area (Å²) in [5, 5.41) is 0. The molecule has 0 aromatic heterocycles. The van der Waals surface area contributed by atoms with Gasteiger partial charge in [0, 0.05) is 6.42 Å². The average Bonchev–Trinajstić information content (AvgIpc) is 3.31. The molecule has 1 saturated heterocycles. The number of hydrogen-bond donors (Lipinski definition) is 1. The van der Waals surface area contributed by atoms with E-state index in [9.17, 15) is 9.59 Å². The second kappa shape index (κ2) is 10.6. The third kappa shape index (κ3) is 6.06. The van der Waals surface area contributed by atoms with Gasteiger partial charge in [-0.2, -0.15) is 0 Å². The first-order chi connectivity index (χ1) is 12.5. The smallest absolute Gasteiger partial charge is 0.365 e. The third-order valence-corrected chi connectivity index (χ3v) is 6.12. The predicted molar refractivity (Wildman–Crippen MR) is 95.0 cm³/mol. The number of quaternary nitrogens is 1. The number of carbonyl (C=O) groups is 2. The molecule has 2 saturated carbocycles. The highest BCUT2D eigenvalue weighted by molar-refractivity contribution is 5.74. The van der Waals surface area contributed by atoms with Crippen LogP contribution >= 0.6 is 0 Å². The summed E-state index contributed by atoms with van der Waals surface area (Å²) >= 11 is 0. The fraction of sp³-hybridized carbons (Fsp3) is 0.900. The quantitative estimate of drug-likeness (QED) is 0.617. The Morgan fingerprint density at radius 1 is 1.00 bits per heavy atom. The summed E-state index contributed by atoms with van der Waals surface area (Å²) in [5.41, 5.74) is 3.91. The van der Waals surface area contributed by atoms with Crippen molar-refractivity contribution in [3.63, 3.8) is 0 Å². The largest absolute Gasteiger partial charge is 1.00 e. The van der Waals surface area contributed by atoms with E-state index in [0.717, 1.165) is 51.4 Å². The molecule has 6 nitrogen and oxygen atoms in total. The molecule has 1 heterocycles. The van der Waals surface area contributed by atoms with E-state index in [4.69, 9.17) is 14.2 Å². The minimum Gasteiger partial charge on any atom is -1.00 e. The first kappa shape index (κ1) is 22.4. The van der Waals surface area contributed by atoms with E-state index < -0.39 is 12.2 Å². The topological polar surface area (TPSA) is 89.5 Å². The van der Waals surface area contributed by atoms with Gasteiger partial charge in [-0.15, -0.1) is 0 Å². The zero-order valence-electron chi connectivity index (χ0n) is 16.4. The molecule has 0 aromatic carbocycles. The van der Waals surface area contributed by atoms with Crippen molar-refractivity contribution >= 4 is 11.9 Å². The Kier molecular flexibility index (Phi) is 8.83. The summed E-state index contributed by atoms with van der Waals surface area (Å²) in [4.78, 5) is 24.8. The molecule has 0 amide bonds. The van der Waals surface area contributed by atoms with Gasteiger partial charge in [0.2, 0.25) is 0 Å². The SMILES string of the molecule is C[C@@H]1OC(=O)[C@@H]([NH3+])CCC[C@H](OC2CCCC2)[C@H]1OC(=O)C1CCCC1.[Cl-]. The highest BCUT2D eigenvalue weighted by atomic mass is 35.5. The van der Waals surface area contributed by atoms with Crippen molar-refractivity contribution in [3.05, 3.63) is 0 Å². The molecule has 27 heavy (non-hydrogen) atoms. The number of esters is 2. The van der Waals surface area contributed by atoms with E-state index in [1.165, 1.54) is 12.8 Å². The maximum atomic E-state index is 12.6. The molecular weight excluding hydrogens is 370 g/mol. The Balaban J connectivity index is 0.00000261. The summed E-state index contributed by atoms with van der Waals surface area (Å²) in [7, 11) is 0. The van der Waals surface area contributed by atoms with Gasteiger partial charge < -0.3 is 32.4 Å². The average molecular weight is 404 g/mol. The molecule has 0 spiro atoms. The summed E-state index contributed by atoms with van der Waals surface area (Å²) in [6, 6.07) is -0.367. The Labute approximate surface area is 168 Å². The predicted octanol–water partition coefficient (Wildman–Crippen LogP) is -0.854. The van der Waals surface area contributed by atoms with Gasteiger partial charge in [-0.05, 0) is 45.4 Å². The number of ether oxygens (including phenoxy) is 3. The van der Waals surface area contributed by atoms with Crippen molar-refractivity contribution in [3.8, 4) is 0 Å². The van der Waals surface area contributed by atoms with Gasteiger partial charge >= 0.3 is 11.9 Å². The maximum absolute atomic E-state index is 12.6. The third-order valence-electron chi connectivity index (χ3n) is 6.12. The van der Waals surface area contributed by atoms with E-state index in [2.05, 4.69) is 5.73 Å². The molecule has 0 bridgehead atoms. The molecule has 7 heteroatoms. The molecule has 3 N–H and O–H groups in total. The van der Waals surface area contributed by atoms with Gasteiger partial charge in [0.05, 0.1) is 18.1 Å². The van der Waals surface area contributed by atoms with Gasteiger partial charge in [0.1, 0.15) is 6.10 Å². The number of cyclic esters (lactones) is 1. The van der Waals surface area contributed by atoms with Crippen molar-refractivity contribution < 1.29 is 41.9 Å². The molecule has 1 aliphatic heterocycles. The minimum absolute atomic E-state index is 0. The maximum Gasteiger partial charge on any atom is 0.365 e. The molecule has 3 fully saturated rings. The summed E-state index contributed by atoms with van der Waals surface area (Å²) < 4.78 is 17.9. The Morgan fingerprint density at radius 2 is 1.63 bits per heavy atom. The molecule has 0 radical (unpaired) electrons. The number of rotatable bonds is 4. The van der Waals surface area contributed by atoms with E-state index in [1.807, 2.05) is 6.92 Å². The van der Waals surface area contributed by atoms with Crippen LogP contribution < -0.4 is 18.1 Å². The van der Waals surface area contributed by atoms with Crippen molar-refractivity contribution in [1.29, 1.82) is 0 Å². The summed E-state index contributed by atoms with van der Waals surface area (Å²) in [6.07, 6.45) is 9.71. The van der Waals surface area contributed by atoms with Crippen LogP contribution in [0.1, 0.15) is 77.6 Å². The molecule has 2 aliphatic carbocycles. The van der Waals surface area contributed by atoms with Crippen molar-refractivity contribution in [2.75, 3.05) is 0 Å². The molecular formula is C20H34ClNO5. The lowest BCUT2D eigenvalue weighted by atomic mass is 10.0. The van der Waals surface area contributed by atoms with Gasteiger partial charge in [0.25, 0.3) is 0 Å². The Morgan fingerprint density at radius 3 is 2.30 bits per heavy atom. The fourth-order valence-corrected chi connectivity index (χ4v) is 4.48. The van der Waals surface area contributed by atoms with E-state index in [1.54, 1.807) is 0 Å². The van der Waals surface area contributed by atoms with Crippen LogP contribution in [0, 0.1) is 5.92 Å². The lowest BCUT2D eigenvalue weighted by Crippen LogP contribution is -3.00. The molecule has 156 valence electrons. The van der Waals surface area contributed by atoms with Crippen molar-refractivity contribution in [2.45, 2.75) is 108 Å². The normalized spacial score (nSPS) is 33.5. The molecule has 3 aliphatic rings. The second-order valence-corrected chi connectivity index (χ2v) is 8.23. The van der Waals surface area contributed by atoms with Crippen LogP contribution in [-0.2, 0) is 23.8 Å². The molecule has 0 aromatic rings.